The number of aromatic nitrogens is 4. The molecule has 0 amide bonds. The van der Waals surface area contributed by atoms with E-state index in [1.165, 1.54) is 5.56 Å². The van der Waals surface area contributed by atoms with Crippen LogP contribution in [0.15, 0.2) is 24.9 Å². The summed E-state index contributed by atoms with van der Waals surface area (Å²) in [4.78, 5) is 7.02. The van der Waals surface area contributed by atoms with E-state index in [1.807, 2.05) is 30.3 Å². The average Bonchev–Trinajstić information content (AvgIpc) is 2.84. The maximum atomic E-state index is 4.14. The fraction of sp³-hybridized carbons (Fsp3) is 0.400. The van der Waals surface area contributed by atoms with Gasteiger partial charge < -0.3 is 10.3 Å². The fourth-order valence-electron chi connectivity index (χ4n) is 1.43. The Kier molecular flexibility index (Phi) is 2.82. The summed E-state index contributed by atoms with van der Waals surface area (Å²) in [6.45, 7) is 2.91. The van der Waals surface area contributed by atoms with Crippen LogP contribution in [0.5, 0.6) is 0 Å². The summed E-state index contributed by atoms with van der Waals surface area (Å²) < 4.78 is 1.81. The molecule has 2 N–H and O–H groups in total. The summed E-state index contributed by atoms with van der Waals surface area (Å²) in [5, 5.41) is 7.53. The Balaban J connectivity index is 1.90. The van der Waals surface area contributed by atoms with Crippen LogP contribution in [-0.4, -0.2) is 19.7 Å². The highest BCUT2D eigenvalue weighted by atomic mass is 15.2. The smallest absolute Gasteiger partial charge is 0.0922 e. The van der Waals surface area contributed by atoms with Crippen LogP contribution in [0.2, 0.25) is 0 Å². The second-order valence-corrected chi connectivity index (χ2v) is 3.63. The van der Waals surface area contributed by atoms with Gasteiger partial charge in [-0.05, 0) is 6.92 Å². The van der Waals surface area contributed by atoms with Crippen LogP contribution >= 0.6 is 0 Å². The highest BCUT2D eigenvalue weighted by molar-refractivity contribution is 5.09. The van der Waals surface area contributed by atoms with Gasteiger partial charge in [0.2, 0.25) is 0 Å². The van der Waals surface area contributed by atoms with Gasteiger partial charge in [0.25, 0.3) is 0 Å². The molecule has 5 heteroatoms. The van der Waals surface area contributed by atoms with Gasteiger partial charge in [0.05, 0.1) is 12.5 Å². The van der Waals surface area contributed by atoms with Crippen LogP contribution < -0.4 is 5.32 Å². The molecule has 0 fully saturated rings. The quantitative estimate of drug-likeness (QED) is 0.782. The van der Waals surface area contributed by atoms with Crippen molar-refractivity contribution >= 4 is 0 Å². The summed E-state index contributed by atoms with van der Waals surface area (Å²) in [5.74, 6) is 0. The van der Waals surface area contributed by atoms with Crippen LogP contribution in [0.4, 0.5) is 0 Å². The number of nitrogens with zero attached hydrogens (tertiary/aromatic N) is 3. The highest BCUT2D eigenvalue weighted by Crippen LogP contribution is 2.10. The Morgan fingerprint density at radius 2 is 2.40 bits per heavy atom. The van der Waals surface area contributed by atoms with E-state index in [2.05, 4.69) is 27.3 Å². The van der Waals surface area contributed by atoms with Gasteiger partial charge in [0.1, 0.15) is 0 Å². The van der Waals surface area contributed by atoms with Crippen LogP contribution in [-0.2, 0) is 13.6 Å². The maximum Gasteiger partial charge on any atom is 0.0922 e. The highest BCUT2D eigenvalue weighted by Gasteiger charge is 2.06. The molecule has 0 aromatic carbocycles. The van der Waals surface area contributed by atoms with Gasteiger partial charge in [-0.15, -0.1) is 0 Å². The molecule has 1 atom stereocenters. The molecule has 2 aromatic rings. The minimum absolute atomic E-state index is 0.294. The Morgan fingerprint density at radius 3 is 3.00 bits per heavy atom. The Hall–Kier alpha value is -1.62. The zero-order chi connectivity index (χ0) is 10.7. The van der Waals surface area contributed by atoms with E-state index in [9.17, 15) is 0 Å². The van der Waals surface area contributed by atoms with Crippen molar-refractivity contribution in [2.45, 2.75) is 19.5 Å². The van der Waals surface area contributed by atoms with E-state index in [0.717, 1.165) is 12.2 Å². The zero-order valence-corrected chi connectivity index (χ0v) is 8.94. The van der Waals surface area contributed by atoms with E-state index < -0.39 is 0 Å². The summed E-state index contributed by atoms with van der Waals surface area (Å²) in [5.41, 5.74) is 2.28. The Bertz CT molecular complexity index is 403. The standard InChI is InChI=1S/C10H15N5/c1-8(9-3-14-15(2)6-9)12-5-10-4-11-7-13-10/h3-4,6-8,12H,5H2,1-2H3,(H,11,13). The first kappa shape index (κ1) is 9.92. The predicted molar refractivity (Wildman–Crippen MR) is 57.1 cm³/mol. The molecule has 0 aliphatic carbocycles. The van der Waals surface area contributed by atoms with Gasteiger partial charge in [-0.2, -0.15) is 5.10 Å². The fourth-order valence-corrected chi connectivity index (χ4v) is 1.43. The zero-order valence-electron chi connectivity index (χ0n) is 8.94. The molecule has 2 rings (SSSR count). The number of hydrogen-bond acceptors (Lipinski definition) is 3. The molecule has 2 heterocycles. The maximum absolute atomic E-state index is 4.14. The van der Waals surface area contributed by atoms with E-state index in [4.69, 9.17) is 0 Å². The Labute approximate surface area is 88.5 Å². The summed E-state index contributed by atoms with van der Waals surface area (Å²) in [6.07, 6.45) is 7.41. The molecule has 0 aliphatic heterocycles. The van der Waals surface area contributed by atoms with Crippen LogP contribution in [0.1, 0.15) is 24.2 Å². The van der Waals surface area contributed by atoms with E-state index >= 15 is 0 Å². The van der Waals surface area contributed by atoms with E-state index in [-0.39, 0.29) is 0 Å². The third kappa shape index (κ3) is 2.44. The van der Waals surface area contributed by atoms with Gasteiger partial charge in [0, 0.05) is 43.3 Å². The topological polar surface area (TPSA) is 58.5 Å². The monoisotopic (exact) mass is 205 g/mol. The molecule has 80 valence electrons. The second-order valence-electron chi connectivity index (χ2n) is 3.63. The molecule has 5 nitrogen and oxygen atoms in total. The number of rotatable bonds is 4. The Morgan fingerprint density at radius 1 is 1.53 bits per heavy atom. The molecule has 0 radical (unpaired) electrons. The lowest BCUT2D eigenvalue weighted by Crippen LogP contribution is -2.17. The van der Waals surface area contributed by atoms with E-state index in [1.54, 1.807) is 6.33 Å². The normalized spacial score (nSPS) is 12.9. The number of hydrogen-bond donors (Lipinski definition) is 2. The molecule has 0 bridgehead atoms. The lowest BCUT2D eigenvalue weighted by molar-refractivity contribution is 0.568. The van der Waals surface area contributed by atoms with Crippen molar-refractivity contribution in [3.8, 4) is 0 Å². The molecule has 0 spiro atoms. The molecular formula is C10H15N5. The molecular weight excluding hydrogens is 190 g/mol. The first-order chi connectivity index (χ1) is 7.25. The van der Waals surface area contributed by atoms with E-state index in [0.29, 0.717) is 6.04 Å². The minimum Gasteiger partial charge on any atom is -0.347 e. The molecule has 0 saturated heterocycles. The largest absolute Gasteiger partial charge is 0.347 e. The molecule has 15 heavy (non-hydrogen) atoms. The second kappa shape index (κ2) is 4.27. The van der Waals surface area contributed by atoms with Crippen LogP contribution in [0.3, 0.4) is 0 Å². The summed E-state index contributed by atoms with van der Waals surface area (Å²) >= 11 is 0. The number of imidazole rings is 1. The lowest BCUT2D eigenvalue weighted by Gasteiger charge is -2.10. The minimum atomic E-state index is 0.294. The van der Waals surface area contributed by atoms with Gasteiger partial charge in [0.15, 0.2) is 0 Å². The van der Waals surface area contributed by atoms with Gasteiger partial charge in [-0.3, -0.25) is 4.68 Å². The van der Waals surface area contributed by atoms with Crippen LogP contribution in [0, 0.1) is 0 Å². The first-order valence-electron chi connectivity index (χ1n) is 4.95. The van der Waals surface area contributed by atoms with Gasteiger partial charge >= 0.3 is 0 Å². The van der Waals surface area contributed by atoms with Gasteiger partial charge in [-0.1, -0.05) is 0 Å². The number of nitrogens with one attached hydrogen (secondary N) is 2. The first-order valence-corrected chi connectivity index (χ1v) is 4.95. The molecule has 0 saturated carbocycles. The summed E-state index contributed by atoms with van der Waals surface area (Å²) in [6, 6.07) is 0.294. The van der Waals surface area contributed by atoms with Crippen molar-refractivity contribution in [3.05, 3.63) is 36.2 Å². The van der Waals surface area contributed by atoms with Crippen LogP contribution in [0.25, 0.3) is 0 Å². The van der Waals surface area contributed by atoms with Crippen molar-refractivity contribution in [1.29, 1.82) is 0 Å². The molecule has 0 aliphatic rings. The van der Waals surface area contributed by atoms with Crippen molar-refractivity contribution in [2.75, 3.05) is 0 Å². The number of aromatic amines is 1. The van der Waals surface area contributed by atoms with Crippen molar-refractivity contribution < 1.29 is 0 Å². The summed E-state index contributed by atoms with van der Waals surface area (Å²) in [7, 11) is 1.92. The lowest BCUT2D eigenvalue weighted by atomic mass is 10.2. The van der Waals surface area contributed by atoms with Crippen molar-refractivity contribution in [1.82, 2.24) is 25.1 Å². The molecule has 2 aromatic heterocycles. The van der Waals surface area contributed by atoms with Crippen molar-refractivity contribution in [3.63, 3.8) is 0 Å². The third-order valence-electron chi connectivity index (χ3n) is 2.38. The van der Waals surface area contributed by atoms with Gasteiger partial charge in [-0.25, -0.2) is 4.98 Å². The SMILES string of the molecule is CC(NCc1cnc[nH]1)c1cnn(C)c1. The number of H-pyrrole nitrogens is 1. The van der Waals surface area contributed by atoms with Crippen molar-refractivity contribution in [2.24, 2.45) is 7.05 Å². The average molecular weight is 205 g/mol. The third-order valence-corrected chi connectivity index (χ3v) is 2.38. The number of aryl methyl sites for hydroxylation is 1. The molecule has 1 unspecified atom stereocenters. The predicted octanol–water partition coefficient (Wildman–Crippen LogP) is 0.994.